The highest BCUT2D eigenvalue weighted by Crippen LogP contribution is 2.11. The van der Waals surface area contributed by atoms with E-state index in [2.05, 4.69) is 10.3 Å². The SMILES string of the molecule is CN=C(NCc1cc(F)ccc1F)N1CCN(C(=O)c2ccco2)CC1.I. The largest absolute Gasteiger partial charge is 0.459 e. The maximum absolute atomic E-state index is 13.7. The molecule has 1 saturated heterocycles. The van der Waals surface area contributed by atoms with Crippen LogP contribution >= 0.6 is 24.0 Å². The molecule has 0 unspecified atom stereocenters. The van der Waals surface area contributed by atoms with E-state index in [1.165, 1.54) is 6.26 Å². The van der Waals surface area contributed by atoms with Crippen LogP contribution in [0.15, 0.2) is 46.0 Å². The van der Waals surface area contributed by atoms with Crippen LogP contribution in [0.4, 0.5) is 8.78 Å². The van der Waals surface area contributed by atoms with Crippen LogP contribution in [0.3, 0.4) is 0 Å². The van der Waals surface area contributed by atoms with E-state index in [0.717, 1.165) is 18.2 Å². The predicted octanol–water partition coefficient (Wildman–Crippen LogP) is 2.71. The maximum Gasteiger partial charge on any atom is 0.289 e. The van der Waals surface area contributed by atoms with Crippen LogP contribution in [0.25, 0.3) is 0 Å². The second-order valence-corrected chi connectivity index (χ2v) is 5.89. The number of aliphatic imine (C=N–C) groups is 1. The molecular formula is C18H21F2IN4O2. The molecule has 9 heteroatoms. The summed E-state index contributed by atoms with van der Waals surface area (Å²) in [6.07, 6.45) is 1.47. The number of hydrogen-bond acceptors (Lipinski definition) is 3. The molecule has 2 aromatic rings. The number of rotatable bonds is 3. The van der Waals surface area contributed by atoms with Gasteiger partial charge in [-0.05, 0) is 30.3 Å². The lowest BCUT2D eigenvalue weighted by Crippen LogP contribution is -2.53. The number of piperazine rings is 1. The highest BCUT2D eigenvalue weighted by atomic mass is 127. The Bertz CT molecular complexity index is 791. The smallest absolute Gasteiger partial charge is 0.289 e. The van der Waals surface area contributed by atoms with Crippen molar-refractivity contribution >= 4 is 35.8 Å². The van der Waals surface area contributed by atoms with Crippen molar-refractivity contribution in [2.75, 3.05) is 33.2 Å². The Kier molecular flexibility index (Phi) is 7.57. The molecule has 1 N–H and O–H groups in total. The van der Waals surface area contributed by atoms with Gasteiger partial charge in [0.05, 0.1) is 6.26 Å². The summed E-state index contributed by atoms with van der Waals surface area (Å²) in [5, 5.41) is 3.04. The van der Waals surface area contributed by atoms with Crippen LogP contribution in [-0.4, -0.2) is 54.9 Å². The third kappa shape index (κ3) is 5.18. The molecule has 146 valence electrons. The van der Waals surface area contributed by atoms with Gasteiger partial charge in [-0.2, -0.15) is 0 Å². The first-order valence-corrected chi connectivity index (χ1v) is 8.31. The Balaban J connectivity index is 0.00000261. The van der Waals surface area contributed by atoms with Gasteiger partial charge in [0.25, 0.3) is 5.91 Å². The molecule has 2 heterocycles. The molecule has 3 rings (SSSR count). The van der Waals surface area contributed by atoms with Crippen molar-refractivity contribution in [2.45, 2.75) is 6.54 Å². The molecule has 1 aliphatic rings. The van der Waals surface area contributed by atoms with Crippen molar-refractivity contribution in [3.8, 4) is 0 Å². The Hall–Kier alpha value is -2.17. The molecule has 0 saturated carbocycles. The number of hydrogen-bond donors (Lipinski definition) is 1. The van der Waals surface area contributed by atoms with Crippen LogP contribution in [-0.2, 0) is 6.54 Å². The molecule has 0 aliphatic carbocycles. The third-order valence-electron chi connectivity index (χ3n) is 4.25. The molecule has 0 radical (unpaired) electrons. The number of nitrogens with zero attached hydrogens (tertiary/aromatic N) is 3. The van der Waals surface area contributed by atoms with E-state index < -0.39 is 11.6 Å². The summed E-state index contributed by atoms with van der Waals surface area (Å²) in [4.78, 5) is 20.2. The zero-order valence-electron chi connectivity index (χ0n) is 14.8. The van der Waals surface area contributed by atoms with Gasteiger partial charge in [0.15, 0.2) is 11.7 Å². The summed E-state index contributed by atoms with van der Waals surface area (Å²) < 4.78 is 32.1. The first kappa shape index (κ1) is 21.1. The van der Waals surface area contributed by atoms with Crippen LogP contribution in [0.1, 0.15) is 16.1 Å². The van der Waals surface area contributed by atoms with Crippen molar-refractivity contribution in [3.05, 3.63) is 59.6 Å². The zero-order valence-corrected chi connectivity index (χ0v) is 17.2. The number of furan rings is 1. The Labute approximate surface area is 173 Å². The van der Waals surface area contributed by atoms with Gasteiger partial charge < -0.3 is 19.5 Å². The van der Waals surface area contributed by atoms with Gasteiger partial charge in [-0.1, -0.05) is 0 Å². The van der Waals surface area contributed by atoms with Crippen LogP contribution in [0, 0.1) is 11.6 Å². The maximum atomic E-state index is 13.7. The normalized spacial score (nSPS) is 14.7. The minimum atomic E-state index is -0.483. The molecule has 0 atom stereocenters. The second-order valence-electron chi connectivity index (χ2n) is 5.89. The molecule has 1 fully saturated rings. The minimum Gasteiger partial charge on any atom is -0.459 e. The first-order valence-electron chi connectivity index (χ1n) is 8.31. The average Bonchev–Trinajstić information content (AvgIpc) is 3.19. The molecule has 1 aromatic heterocycles. The number of carbonyl (C=O) groups is 1. The molecule has 1 amide bonds. The van der Waals surface area contributed by atoms with Crippen LogP contribution in [0.2, 0.25) is 0 Å². The standard InChI is InChI=1S/C18H20F2N4O2.HI/c1-21-18(22-12-13-11-14(19)4-5-15(13)20)24-8-6-23(7-9-24)17(25)16-3-2-10-26-16;/h2-5,10-11H,6-9,12H2,1H3,(H,21,22);1H. The first-order chi connectivity index (χ1) is 12.6. The molecule has 1 aliphatic heterocycles. The monoisotopic (exact) mass is 490 g/mol. The fourth-order valence-corrected chi connectivity index (χ4v) is 2.86. The zero-order chi connectivity index (χ0) is 18.5. The number of nitrogens with one attached hydrogen (secondary N) is 1. The molecular weight excluding hydrogens is 469 g/mol. The highest BCUT2D eigenvalue weighted by molar-refractivity contribution is 14.0. The molecule has 27 heavy (non-hydrogen) atoms. The molecule has 0 bridgehead atoms. The van der Waals surface area contributed by atoms with E-state index >= 15 is 0 Å². The van der Waals surface area contributed by atoms with E-state index in [-0.39, 0.29) is 42.0 Å². The van der Waals surface area contributed by atoms with Crippen molar-refractivity contribution in [1.29, 1.82) is 0 Å². The fourth-order valence-electron chi connectivity index (χ4n) is 2.86. The average molecular weight is 490 g/mol. The van der Waals surface area contributed by atoms with E-state index in [1.54, 1.807) is 24.1 Å². The Morgan fingerprint density at radius 1 is 1.19 bits per heavy atom. The lowest BCUT2D eigenvalue weighted by Gasteiger charge is -2.36. The Morgan fingerprint density at radius 2 is 1.89 bits per heavy atom. The van der Waals surface area contributed by atoms with Gasteiger partial charge in [0.1, 0.15) is 11.6 Å². The van der Waals surface area contributed by atoms with Gasteiger partial charge in [0.2, 0.25) is 0 Å². The molecule has 0 spiro atoms. The van der Waals surface area contributed by atoms with Gasteiger partial charge in [-0.3, -0.25) is 9.79 Å². The number of amides is 1. The summed E-state index contributed by atoms with van der Waals surface area (Å²) in [5.41, 5.74) is 0.234. The fraction of sp³-hybridized carbons (Fsp3) is 0.333. The van der Waals surface area contributed by atoms with E-state index in [0.29, 0.717) is 37.9 Å². The summed E-state index contributed by atoms with van der Waals surface area (Å²) >= 11 is 0. The molecule has 6 nitrogen and oxygen atoms in total. The lowest BCUT2D eigenvalue weighted by molar-refractivity contribution is 0.0657. The van der Waals surface area contributed by atoms with E-state index in [4.69, 9.17) is 4.42 Å². The topological polar surface area (TPSA) is 61.1 Å². The number of guanidine groups is 1. The molecule has 1 aromatic carbocycles. The highest BCUT2D eigenvalue weighted by Gasteiger charge is 2.25. The Morgan fingerprint density at radius 3 is 2.52 bits per heavy atom. The van der Waals surface area contributed by atoms with Crippen molar-refractivity contribution in [2.24, 2.45) is 4.99 Å². The van der Waals surface area contributed by atoms with Crippen LogP contribution < -0.4 is 5.32 Å². The summed E-state index contributed by atoms with van der Waals surface area (Å²) in [6.45, 7) is 2.33. The third-order valence-corrected chi connectivity index (χ3v) is 4.25. The van der Waals surface area contributed by atoms with E-state index in [9.17, 15) is 13.6 Å². The second kappa shape index (κ2) is 9.67. The van der Waals surface area contributed by atoms with Gasteiger partial charge in [-0.25, -0.2) is 8.78 Å². The van der Waals surface area contributed by atoms with Gasteiger partial charge in [-0.15, -0.1) is 24.0 Å². The predicted molar refractivity (Wildman–Crippen MR) is 108 cm³/mol. The van der Waals surface area contributed by atoms with Crippen molar-refractivity contribution in [3.63, 3.8) is 0 Å². The van der Waals surface area contributed by atoms with Crippen LogP contribution in [0.5, 0.6) is 0 Å². The van der Waals surface area contributed by atoms with Crippen molar-refractivity contribution < 1.29 is 18.0 Å². The number of halogens is 3. The van der Waals surface area contributed by atoms with E-state index in [1.807, 2.05) is 4.90 Å². The van der Waals surface area contributed by atoms with Gasteiger partial charge >= 0.3 is 0 Å². The lowest BCUT2D eigenvalue weighted by atomic mass is 10.2. The summed E-state index contributed by atoms with van der Waals surface area (Å²) in [5.74, 6) is -0.188. The van der Waals surface area contributed by atoms with Crippen molar-refractivity contribution in [1.82, 2.24) is 15.1 Å². The van der Waals surface area contributed by atoms with Gasteiger partial charge in [0, 0.05) is 45.3 Å². The number of carbonyl (C=O) groups excluding carboxylic acids is 1. The quantitative estimate of drug-likeness (QED) is 0.409. The number of benzene rings is 1. The summed E-state index contributed by atoms with van der Waals surface area (Å²) in [6, 6.07) is 6.68. The summed E-state index contributed by atoms with van der Waals surface area (Å²) in [7, 11) is 1.63. The minimum absolute atomic E-state index is 0.